The minimum absolute atomic E-state index is 0.0702. The van der Waals surface area contributed by atoms with Gasteiger partial charge in [-0.15, -0.1) is 0 Å². The smallest absolute Gasteiger partial charge is 0.352 e. The zero-order valence-corrected chi connectivity index (χ0v) is 10.9. The van der Waals surface area contributed by atoms with Gasteiger partial charge >= 0.3 is 11.9 Å². The highest BCUT2D eigenvalue weighted by Gasteiger charge is 2.14. The summed E-state index contributed by atoms with van der Waals surface area (Å²) in [5.41, 5.74) is 0.356. The topological polar surface area (TPSA) is 92.3 Å². The van der Waals surface area contributed by atoms with Gasteiger partial charge < -0.3 is 14.4 Å². The monoisotopic (exact) mass is 262 g/mol. The number of hydrogen-bond donors (Lipinski definition) is 1. The Morgan fingerprint density at radius 1 is 1.53 bits per heavy atom. The Balaban J connectivity index is 3.06. The molecule has 1 aromatic heterocycles. The molecule has 0 fully saturated rings. The zero-order valence-electron chi connectivity index (χ0n) is 10.9. The molecule has 6 heteroatoms. The Bertz CT molecular complexity index is 576. The van der Waals surface area contributed by atoms with Crippen LogP contribution in [-0.2, 0) is 16.6 Å². The van der Waals surface area contributed by atoms with Crippen molar-refractivity contribution in [3.05, 3.63) is 29.1 Å². The average molecular weight is 262 g/mol. The molecule has 0 unspecified atom stereocenters. The SMILES string of the molecule is CC(C)OC(=O)C(C#N)=Cc1cc(C(=O)O)n(C)c1. The van der Waals surface area contributed by atoms with Crippen LogP contribution in [0.25, 0.3) is 6.08 Å². The molecule has 19 heavy (non-hydrogen) atoms. The van der Waals surface area contributed by atoms with E-state index in [-0.39, 0.29) is 17.4 Å². The molecule has 0 saturated heterocycles. The van der Waals surface area contributed by atoms with Crippen LogP contribution in [0.2, 0.25) is 0 Å². The maximum absolute atomic E-state index is 11.6. The number of esters is 1. The number of hydrogen-bond acceptors (Lipinski definition) is 4. The summed E-state index contributed by atoms with van der Waals surface area (Å²) in [6.07, 6.45) is 2.50. The molecule has 6 nitrogen and oxygen atoms in total. The van der Waals surface area contributed by atoms with Crippen molar-refractivity contribution in [2.45, 2.75) is 20.0 Å². The molecule has 0 bridgehead atoms. The van der Waals surface area contributed by atoms with Gasteiger partial charge in [-0.2, -0.15) is 5.26 Å². The first-order valence-electron chi connectivity index (χ1n) is 5.57. The van der Waals surface area contributed by atoms with Crippen LogP contribution in [0.15, 0.2) is 17.8 Å². The van der Waals surface area contributed by atoms with Crippen molar-refractivity contribution in [2.24, 2.45) is 7.05 Å². The lowest BCUT2D eigenvalue weighted by Gasteiger charge is -2.05. The molecule has 0 atom stereocenters. The van der Waals surface area contributed by atoms with E-state index >= 15 is 0 Å². The van der Waals surface area contributed by atoms with Gasteiger partial charge in [0, 0.05) is 13.2 Å². The van der Waals surface area contributed by atoms with Crippen LogP contribution < -0.4 is 0 Å². The van der Waals surface area contributed by atoms with Crippen molar-refractivity contribution in [1.82, 2.24) is 4.57 Å². The summed E-state index contributed by atoms with van der Waals surface area (Å²) in [7, 11) is 1.57. The molecule has 0 radical (unpaired) electrons. The molecule has 1 heterocycles. The summed E-state index contributed by atoms with van der Waals surface area (Å²) in [5, 5.41) is 17.8. The predicted octanol–water partition coefficient (Wildman–Crippen LogP) is 1.58. The maximum atomic E-state index is 11.6. The normalized spacial score (nSPS) is 11.2. The van der Waals surface area contributed by atoms with Gasteiger partial charge in [-0.25, -0.2) is 9.59 Å². The zero-order chi connectivity index (χ0) is 14.6. The van der Waals surface area contributed by atoms with E-state index in [0.29, 0.717) is 5.56 Å². The second kappa shape index (κ2) is 5.87. The first-order valence-corrected chi connectivity index (χ1v) is 5.57. The van der Waals surface area contributed by atoms with Gasteiger partial charge in [0.05, 0.1) is 6.10 Å². The van der Waals surface area contributed by atoms with Crippen molar-refractivity contribution >= 4 is 18.0 Å². The number of carboxylic acids is 1. The van der Waals surface area contributed by atoms with Crippen molar-refractivity contribution in [2.75, 3.05) is 0 Å². The molecular formula is C13H14N2O4. The molecule has 1 aromatic rings. The predicted molar refractivity (Wildman–Crippen MR) is 67.2 cm³/mol. The van der Waals surface area contributed by atoms with Gasteiger partial charge in [0.15, 0.2) is 0 Å². The van der Waals surface area contributed by atoms with Crippen LogP contribution in [0.4, 0.5) is 0 Å². The molecular weight excluding hydrogens is 248 g/mol. The van der Waals surface area contributed by atoms with Gasteiger partial charge in [0.2, 0.25) is 0 Å². The van der Waals surface area contributed by atoms with Gasteiger partial charge in [-0.1, -0.05) is 0 Å². The lowest BCUT2D eigenvalue weighted by Crippen LogP contribution is -2.12. The molecule has 0 amide bonds. The van der Waals surface area contributed by atoms with Crippen LogP contribution in [0.1, 0.15) is 29.9 Å². The summed E-state index contributed by atoms with van der Waals surface area (Å²) in [6, 6.07) is 3.12. The summed E-state index contributed by atoms with van der Waals surface area (Å²) < 4.78 is 6.31. The van der Waals surface area contributed by atoms with E-state index in [1.54, 1.807) is 27.0 Å². The number of carbonyl (C=O) groups is 2. The Hall–Kier alpha value is -2.55. The van der Waals surface area contributed by atoms with Crippen LogP contribution in [0, 0.1) is 11.3 Å². The molecule has 1 N–H and O–H groups in total. The van der Waals surface area contributed by atoms with Crippen molar-refractivity contribution in [3.63, 3.8) is 0 Å². The minimum Gasteiger partial charge on any atom is -0.477 e. The number of carboxylic acid groups (broad SMARTS) is 1. The van der Waals surface area contributed by atoms with Crippen LogP contribution >= 0.6 is 0 Å². The molecule has 100 valence electrons. The first-order chi connectivity index (χ1) is 8.85. The number of ether oxygens (including phenoxy) is 1. The number of aromatic nitrogens is 1. The standard InChI is InChI=1S/C13H14N2O4/c1-8(2)19-13(18)10(6-14)4-9-5-11(12(16)17)15(3)7-9/h4-5,7-8H,1-3H3,(H,16,17). The average Bonchev–Trinajstić information content (AvgIpc) is 2.66. The summed E-state index contributed by atoms with van der Waals surface area (Å²) in [6.45, 7) is 3.36. The number of nitrogens with zero attached hydrogens (tertiary/aromatic N) is 2. The Morgan fingerprint density at radius 3 is 2.58 bits per heavy atom. The van der Waals surface area contributed by atoms with Crippen LogP contribution in [0.5, 0.6) is 0 Å². The fourth-order valence-electron chi connectivity index (χ4n) is 1.46. The van der Waals surface area contributed by atoms with Crippen LogP contribution in [-0.4, -0.2) is 27.7 Å². The highest BCUT2D eigenvalue weighted by molar-refractivity contribution is 5.98. The van der Waals surface area contributed by atoms with E-state index in [0.717, 1.165) is 0 Å². The fraction of sp³-hybridized carbons (Fsp3) is 0.308. The molecule has 0 aliphatic rings. The van der Waals surface area contributed by atoms with E-state index in [2.05, 4.69) is 0 Å². The van der Waals surface area contributed by atoms with Gasteiger partial charge in [-0.3, -0.25) is 0 Å². The second-order valence-corrected chi connectivity index (χ2v) is 4.20. The number of aryl methyl sites for hydroxylation is 1. The van der Waals surface area contributed by atoms with Gasteiger partial charge in [0.1, 0.15) is 17.3 Å². The van der Waals surface area contributed by atoms with Crippen molar-refractivity contribution in [3.8, 4) is 6.07 Å². The van der Waals surface area contributed by atoms with Gasteiger partial charge in [0.25, 0.3) is 0 Å². The molecule has 0 saturated carbocycles. The number of nitriles is 1. The third kappa shape index (κ3) is 3.71. The number of aromatic carboxylic acids is 1. The number of rotatable bonds is 4. The highest BCUT2D eigenvalue weighted by atomic mass is 16.5. The summed E-state index contributed by atoms with van der Waals surface area (Å²) >= 11 is 0. The fourth-order valence-corrected chi connectivity index (χ4v) is 1.46. The lowest BCUT2D eigenvalue weighted by atomic mass is 10.2. The van der Waals surface area contributed by atoms with E-state index in [1.807, 2.05) is 0 Å². The van der Waals surface area contributed by atoms with Crippen molar-refractivity contribution in [1.29, 1.82) is 5.26 Å². The third-order valence-corrected chi connectivity index (χ3v) is 2.24. The quantitative estimate of drug-likeness (QED) is 0.505. The lowest BCUT2D eigenvalue weighted by molar-refractivity contribution is -0.142. The largest absolute Gasteiger partial charge is 0.477 e. The first kappa shape index (κ1) is 14.5. The minimum atomic E-state index is -1.08. The summed E-state index contributed by atoms with van der Waals surface area (Å²) in [4.78, 5) is 22.5. The molecule has 1 rings (SSSR count). The van der Waals surface area contributed by atoms with Crippen molar-refractivity contribution < 1.29 is 19.4 Å². The Morgan fingerprint density at radius 2 is 2.16 bits per heavy atom. The highest BCUT2D eigenvalue weighted by Crippen LogP contribution is 2.13. The van der Waals surface area contributed by atoms with E-state index in [4.69, 9.17) is 15.1 Å². The van der Waals surface area contributed by atoms with E-state index in [9.17, 15) is 9.59 Å². The third-order valence-electron chi connectivity index (χ3n) is 2.24. The van der Waals surface area contributed by atoms with E-state index in [1.165, 1.54) is 22.9 Å². The second-order valence-electron chi connectivity index (χ2n) is 4.20. The molecule has 0 aromatic carbocycles. The molecule has 0 aliphatic heterocycles. The molecule has 0 aliphatic carbocycles. The van der Waals surface area contributed by atoms with Crippen LogP contribution in [0.3, 0.4) is 0 Å². The van der Waals surface area contributed by atoms with Gasteiger partial charge in [-0.05, 0) is 31.6 Å². The summed E-state index contributed by atoms with van der Waals surface area (Å²) in [5.74, 6) is -1.80. The molecule has 0 spiro atoms. The maximum Gasteiger partial charge on any atom is 0.352 e. The Kier molecular flexibility index (Phi) is 4.48. The number of carbonyl (C=O) groups excluding carboxylic acids is 1. The van der Waals surface area contributed by atoms with E-state index < -0.39 is 11.9 Å². The Labute approximate surface area is 110 Å².